The molecule has 0 amide bonds. The number of ketones is 3. The van der Waals surface area contributed by atoms with E-state index in [2.05, 4.69) is 15.9 Å². The van der Waals surface area contributed by atoms with Gasteiger partial charge in [0, 0.05) is 49.7 Å². The van der Waals surface area contributed by atoms with Crippen LogP contribution in [-0.4, -0.2) is 17.3 Å². The normalized spacial score (nSPS) is 10.9. The van der Waals surface area contributed by atoms with Gasteiger partial charge in [0.1, 0.15) is 5.58 Å². The Morgan fingerprint density at radius 3 is 1.58 bits per heavy atom. The lowest BCUT2D eigenvalue weighted by molar-refractivity contribution is 0.102. The summed E-state index contributed by atoms with van der Waals surface area (Å²) in [6.45, 7) is 0. The van der Waals surface area contributed by atoms with E-state index in [9.17, 15) is 19.2 Å². The first-order valence-electron chi connectivity index (χ1n) is 13.6. The van der Waals surface area contributed by atoms with Crippen molar-refractivity contribution in [1.82, 2.24) is 0 Å². The van der Waals surface area contributed by atoms with E-state index in [-0.39, 0.29) is 39.4 Å². The molecular weight excluding hydrogens is 604 g/mol. The number of carbonyl (C=O) groups excluding carboxylic acids is 3. The quantitative estimate of drug-likeness (QED) is 0.0970. The Labute approximate surface area is 255 Å². The van der Waals surface area contributed by atoms with Crippen molar-refractivity contribution in [2.75, 3.05) is 0 Å². The summed E-state index contributed by atoms with van der Waals surface area (Å²) < 4.78 is 5.80. The van der Waals surface area contributed by atoms with Gasteiger partial charge in [0.2, 0.25) is 0 Å². The van der Waals surface area contributed by atoms with Crippen LogP contribution in [0.2, 0.25) is 0 Å². The molecule has 0 bridgehead atoms. The van der Waals surface area contributed by atoms with Gasteiger partial charge in [-0.2, -0.15) is 0 Å². The average Bonchev–Trinajstić information content (AvgIpc) is 3.07. The average molecular weight is 627 g/mol. The maximum atomic E-state index is 13.9. The molecule has 1 aromatic heterocycles. The van der Waals surface area contributed by atoms with Crippen LogP contribution in [0.1, 0.15) is 53.3 Å². The van der Waals surface area contributed by atoms with Crippen LogP contribution in [-0.2, 0) is 5.33 Å². The number of hydrogen-bond donors (Lipinski definition) is 0. The third-order valence-electron chi connectivity index (χ3n) is 7.31. The van der Waals surface area contributed by atoms with Crippen molar-refractivity contribution >= 4 is 44.2 Å². The van der Waals surface area contributed by atoms with E-state index in [0.29, 0.717) is 44.3 Å². The number of alkyl halides is 1. The molecule has 0 aliphatic rings. The highest BCUT2D eigenvalue weighted by atomic mass is 79.9. The summed E-state index contributed by atoms with van der Waals surface area (Å²) >= 11 is 3.53. The Morgan fingerprint density at radius 1 is 0.558 bits per heavy atom. The van der Waals surface area contributed by atoms with Gasteiger partial charge < -0.3 is 4.42 Å². The Morgan fingerprint density at radius 2 is 1.05 bits per heavy atom. The first-order chi connectivity index (χ1) is 21.0. The zero-order chi connectivity index (χ0) is 29.9. The Kier molecular flexibility index (Phi) is 7.77. The van der Waals surface area contributed by atoms with E-state index in [1.807, 2.05) is 18.2 Å². The van der Waals surface area contributed by atoms with Crippen molar-refractivity contribution in [2.24, 2.45) is 0 Å². The molecule has 6 aromatic rings. The molecule has 1 heterocycles. The minimum atomic E-state index is -0.657. The van der Waals surface area contributed by atoms with Gasteiger partial charge in [-0.05, 0) is 17.7 Å². The second kappa shape index (κ2) is 12.0. The van der Waals surface area contributed by atoms with Gasteiger partial charge in [-0.1, -0.05) is 131 Å². The third-order valence-corrected chi connectivity index (χ3v) is 7.88. The predicted molar refractivity (Wildman–Crippen MR) is 170 cm³/mol. The van der Waals surface area contributed by atoms with E-state index in [0.717, 1.165) is 0 Å². The van der Waals surface area contributed by atoms with Gasteiger partial charge in [-0.15, -0.1) is 0 Å². The number of rotatable bonds is 8. The molecule has 0 unspecified atom stereocenters. The molecule has 0 aliphatic carbocycles. The van der Waals surface area contributed by atoms with Crippen molar-refractivity contribution in [1.29, 1.82) is 0 Å². The molecule has 6 heteroatoms. The maximum Gasteiger partial charge on any atom is 0.344 e. The highest BCUT2D eigenvalue weighted by molar-refractivity contribution is 9.08. The largest absolute Gasteiger partial charge is 0.422 e. The van der Waals surface area contributed by atoms with Gasteiger partial charge in [-0.25, -0.2) is 4.79 Å². The standard InChI is InChI=1S/C37H23BrO5/c38-22-31-28-18-16-27(35(40)24-12-6-2-7-13-24)21-32(28)43-37(42)33(31)29-19-17-26(34(39)23-10-4-1-5-11-23)20-30(29)36(41)25-14-8-3-9-15-25/h1-21H,22H2. The van der Waals surface area contributed by atoms with E-state index in [1.165, 1.54) is 0 Å². The number of halogens is 1. The first kappa shape index (κ1) is 27.9. The van der Waals surface area contributed by atoms with Crippen LogP contribution in [0.5, 0.6) is 0 Å². The third kappa shape index (κ3) is 5.41. The van der Waals surface area contributed by atoms with Crippen LogP contribution in [0.25, 0.3) is 22.1 Å². The monoisotopic (exact) mass is 626 g/mol. The summed E-state index contributed by atoms with van der Waals surface area (Å²) in [5.74, 6) is -0.762. The molecule has 0 aliphatic heterocycles. The van der Waals surface area contributed by atoms with Gasteiger partial charge in [0.05, 0.1) is 5.56 Å². The summed E-state index contributed by atoms with van der Waals surface area (Å²) in [6, 6.07) is 36.2. The fraction of sp³-hybridized carbons (Fsp3) is 0.0270. The lowest BCUT2D eigenvalue weighted by atomic mass is 9.88. The lowest BCUT2D eigenvalue weighted by Gasteiger charge is -2.15. The molecule has 0 saturated carbocycles. The van der Waals surface area contributed by atoms with Crippen molar-refractivity contribution in [3.63, 3.8) is 0 Å². The molecular formula is C37H23BrO5. The summed E-state index contributed by atoms with van der Waals surface area (Å²) in [5.41, 5.74) is 3.12. The lowest BCUT2D eigenvalue weighted by Crippen LogP contribution is -2.13. The maximum absolute atomic E-state index is 13.9. The van der Waals surface area contributed by atoms with Crippen molar-refractivity contribution in [2.45, 2.75) is 5.33 Å². The van der Waals surface area contributed by atoms with Gasteiger partial charge >= 0.3 is 5.63 Å². The second-order valence-electron chi connectivity index (χ2n) is 9.93. The van der Waals surface area contributed by atoms with Crippen LogP contribution in [0.3, 0.4) is 0 Å². The van der Waals surface area contributed by atoms with Crippen LogP contribution < -0.4 is 5.63 Å². The Bertz CT molecular complexity index is 2060. The Hall–Kier alpha value is -5.20. The molecule has 0 saturated heterocycles. The number of hydrogen-bond acceptors (Lipinski definition) is 5. The molecule has 208 valence electrons. The topological polar surface area (TPSA) is 81.4 Å². The number of carbonyl (C=O) groups is 3. The smallest absolute Gasteiger partial charge is 0.344 e. The van der Waals surface area contributed by atoms with E-state index in [1.54, 1.807) is 109 Å². The van der Waals surface area contributed by atoms with Gasteiger partial charge in [0.25, 0.3) is 0 Å². The van der Waals surface area contributed by atoms with E-state index >= 15 is 0 Å². The van der Waals surface area contributed by atoms with Gasteiger partial charge in [0.15, 0.2) is 17.3 Å². The molecule has 0 spiro atoms. The molecule has 0 fully saturated rings. The predicted octanol–water partition coefficient (Wildman–Crippen LogP) is 8.05. The molecule has 5 aromatic carbocycles. The summed E-state index contributed by atoms with van der Waals surface area (Å²) in [4.78, 5) is 54.0. The van der Waals surface area contributed by atoms with Crippen molar-refractivity contribution < 1.29 is 18.8 Å². The fourth-order valence-corrected chi connectivity index (χ4v) is 5.75. The fourth-order valence-electron chi connectivity index (χ4n) is 5.17. The zero-order valence-electron chi connectivity index (χ0n) is 22.8. The summed E-state index contributed by atoms with van der Waals surface area (Å²) in [6.07, 6.45) is 0. The molecule has 5 nitrogen and oxygen atoms in total. The van der Waals surface area contributed by atoms with Crippen molar-refractivity contribution in [3.8, 4) is 11.1 Å². The molecule has 0 atom stereocenters. The van der Waals surface area contributed by atoms with Crippen LogP contribution in [0.4, 0.5) is 0 Å². The summed E-state index contributed by atoms with van der Waals surface area (Å²) in [7, 11) is 0. The van der Waals surface area contributed by atoms with E-state index < -0.39 is 5.63 Å². The highest BCUT2D eigenvalue weighted by Gasteiger charge is 2.24. The SMILES string of the molecule is O=C(c1ccccc1)c1ccc(-c2c(CBr)c3ccc(C(=O)c4ccccc4)cc3oc2=O)c(C(=O)c2ccccc2)c1. The van der Waals surface area contributed by atoms with Crippen LogP contribution in [0, 0.1) is 0 Å². The highest BCUT2D eigenvalue weighted by Crippen LogP contribution is 2.34. The van der Waals surface area contributed by atoms with Gasteiger partial charge in [-0.3, -0.25) is 14.4 Å². The molecule has 43 heavy (non-hydrogen) atoms. The number of fused-ring (bicyclic) bond motifs is 1. The molecule has 0 radical (unpaired) electrons. The van der Waals surface area contributed by atoms with Crippen molar-refractivity contribution in [3.05, 3.63) is 177 Å². The molecule has 0 N–H and O–H groups in total. The second-order valence-corrected chi connectivity index (χ2v) is 10.5. The first-order valence-corrected chi connectivity index (χ1v) is 14.7. The summed E-state index contributed by atoms with van der Waals surface area (Å²) in [5, 5.41) is 0.902. The van der Waals surface area contributed by atoms with Crippen LogP contribution >= 0.6 is 15.9 Å². The molecule has 6 rings (SSSR count). The number of benzene rings is 5. The Balaban J connectivity index is 1.53. The minimum Gasteiger partial charge on any atom is -0.422 e. The van der Waals surface area contributed by atoms with Crippen LogP contribution in [0.15, 0.2) is 137 Å². The van der Waals surface area contributed by atoms with E-state index in [4.69, 9.17) is 4.42 Å². The zero-order valence-corrected chi connectivity index (χ0v) is 24.3. The minimum absolute atomic E-state index is 0.191.